The third-order valence-corrected chi connectivity index (χ3v) is 4.34. The normalized spacial score (nSPS) is 14.7. The summed E-state index contributed by atoms with van der Waals surface area (Å²) in [4.78, 5) is 1.35. The van der Waals surface area contributed by atoms with Gasteiger partial charge in [0.05, 0.1) is 0 Å². The summed E-state index contributed by atoms with van der Waals surface area (Å²) in [5, 5.41) is 3.55. The van der Waals surface area contributed by atoms with Crippen LogP contribution in [0, 0.1) is 0 Å². The molecule has 1 heterocycles. The highest BCUT2D eigenvalue weighted by Crippen LogP contribution is 2.20. The van der Waals surface area contributed by atoms with E-state index in [1.807, 2.05) is 11.8 Å². The fraction of sp³-hybridized carbons (Fsp3) is 0.375. The number of nitrogens with zero attached hydrogens (tertiary/aromatic N) is 1. The molecule has 1 aromatic heterocycles. The Morgan fingerprint density at radius 2 is 2.00 bits per heavy atom. The molecule has 1 aliphatic rings. The van der Waals surface area contributed by atoms with Gasteiger partial charge in [-0.25, -0.2) is 0 Å². The van der Waals surface area contributed by atoms with Crippen LogP contribution in [0.3, 0.4) is 0 Å². The molecule has 0 radical (unpaired) electrons. The zero-order valence-electron chi connectivity index (χ0n) is 11.1. The molecule has 1 N–H and O–H groups in total. The van der Waals surface area contributed by atoms with E-state index >= 15 is 0 Å². The van der Waals surface area contributed by atoms with Gasteiger partial charge < -0.3 is 9.88 Å². The summed E-state index contributed by atoms with van der Waals surface area (Å²) in [5.74, 6) is 1.12. The maximum Gasteiger partial charge on any atom is 0.0314 e. The second-order valence-corrected chi connectivity index (χ2v) is 6.24. The monoisotopic (exact) mass is 272 g/mol. The quantitative estimate of drug-likeness (QED) is 0.777. The number of aryl methyl sites for hydroxylation is 1. The first kappa shape index (κ1) is 12.8. The number of hydrogen-bond acceptors (Lipinski definition) is 2. The van der Waals surface area contributed by atoms with Crippen LogP contribution in [0.15, 0.2) is 53.7 Å². The highest BCUT2D eigenvalue weighted by Gasteiger charge is 2.19. The van der Waals surface area contributed by atoms with Gasteiger partial charge in [-0.15, -0.1) is 11.8 Å². The van der Waals surface area contributed by atoms with Crippen LogP contribution in [0.4, 0.5) is 0 Å². The first-order valence-corrected chi connectivity index (χ1v) is 7.94. The van der Waals surface area contributed by atoms with E-state index in [0.717, 1.165) is 24.9 Å². The zero-order valence-corrected chi connectivity index (χ0v) is 11.9. The lowest BCUT2D eigenvalue weighted by atomic mass is 10.3. The summed E-state index contributed by atoms with van der Waals surface area (Å²) < 4.78 is 2.29. The Balaban J connectivity index is 1.42. The number of aromatic nitrogens is 1. The van der Waals surface area contributed by atoms with Crippen molar-refractivity contribution in [2.75, 3.05) is 5.75 Å². The Morgan fingerprint density at radius 3 is 2.79 bits per heavy atom. The fourth-order valence-electron chi connectivity index (χ4n) is 2.07. The van der Waals surface area contributed by atoms with Gasteiger partial charge in [0, 0.05) is 42.2 Å². The molecule has 1 aliphatic carbocycles. The van der Waals surface area contributed by atoms with E-state index in [1.165, 1.54) is 23.3 Å². The molecular weight excluding hydrogens is 252 g/mol. The second-order valence-electron chi connectivity index (χ2n) is 5.07. The highest BCUT2D eigenvalue weighted by molar-refractivity contribution is 7.99. The van der Waals surface area contributed by atoms with E-state index in [4.69, 9.17) is 0 Å². The zero-order chi connectivity index (χ0) is 12.9. The fourth-order valence-corrected chi connectivity index (χ4v) is 2.96. The molecule has 0 amide bonds. The maximum absolute atomic E-state index is 3.55. The second kappa shape index (κ2) is 6.31. The van der Waals surface area contributed by atoms with Crippen molar-refractivity contribution in [3.8, 4) is 0 Å². The largest absolute Gasteiger partial charge is 0.353 e. The van der Waals surface area contributed by atoms with Gasteiger partial charge in [0.1, 0.15) is 0 Å². The Labute approximate surface area is 119 Å². The Bertz CT molecular complexity index is 502. The van der Waals surface area contributed by atoms with Crippen molar-refractivity contribution < 1.29 is 0 Å². The Kier molecular flexibility index (Phi) is 4.26. The predicted octanol–water partition coefficient (Wildman–Crippen LogP) is 3.53. The van der Waals surface area contributed by atoms with E-state index in [-0.39, 0.29) is 0 Å². The SMILES string of the molecule is c1ccc(SCCn2ccc(CNC3CC3)c2)cc1. The molecule has 3 rings (SSSR count). The third kappa shape index (κ3) is 4.15. The minimum absolute atomic E-state index is 0.789. The Hall–Kier alpha value is -1.19. The molecule has 2 nitrogen and oxygen atoms in total. The van der Waals surface area contributed by atoms with Crippen LogP contribution in [0.1, 0.15) is 18.4 Å². The van der Waals surface area contributed by atoms with Crippen molar-refractivity contribution in [3.05, 3.63) is 54.4 Å². The minimum atomic E-state index is 0.789. The first-order chi connectivity index (χ1) is 9.40. The van der Waals surface area contributed by atoms with Crippen molar-refractivity contribution >= 4 is 11.8 Å². The highest BCUT2D eigenvalue weighted by atomic mass is 32.2. The van der Waals surface area contributed by atoms with E-state index in [0.29, 0.717) is 0 Å². The predicted molar refractivity (Wildman–Crippen MR) is 81.5 cm³/mol. The van der Waals surface area contributed by atoms with E-state index in [2.05, 4.69) is 58.7 Å². The van der Waals surface area contributed by atoms with Crippen molar-refractivity contribution in [3.63, 3.8) is 0 Å². The van der Waals surface area contributed by atoms with Crippen LogP contribution in [-0.2, 0) is 13.1 Å². The summed E-state index contributed by atoms with van der Waals surface area (Å²) in [6.45, 7) is 2.09. The van der Waals surface area contributed by atoms with Crippen LogP contribution < -0.4 is 5.32 Å². The van der Waals surface area contributed by atoms with Crippen molar-refractivity contribution in [2.24, 2.45) is 0 Å². The van der Waals surface area contributed by atoms with E-state index in [9.17, 15) is 0 Å². The van der Waals surface area contributed by atoms with Gasteiger partial charge in [-0.1, -0.05) is 18.2 Å². The third-order valence-electron chi connectivity index (χ3n) is 3.35. The van der Waals surface area contributed by atoms with Crippen LogP contribution in [0.25, 0.3) is 0 Å². The molecule has 1 fully saturated rings. The molecule has 0 atom stereocenters. The molecule has 100 valence electrons. The molecule has 1 saturated carbocycles. The van der Waals surface area contributed by atoms with E-state index in [1.54, 1.807) is 0 Å². The molecule has 0 aliphatic heterocycles. The molecule has 3 heteroatoms. The number of rotatable bonds is 7. The molecule has 0 spiro atoms. The van der Waals surface area contributed by atoms with Gasteiger partial charge in [0.25, 0.3) is 0 Å². The lowest BCUT2D eigenvalue weighted by Gasteiger charge is -2.03. The van der Waals surface area contributed by atoms with Gasteiger partial charge in [-0.05, 0) is 36.6 Å². The summed E-state index contributed by atoms with van der Waals surface area (Å²) >= 11 is 1.92. The standard InChI is InChI=1S/C16H20N2S/c1-2-4-16(5-3-1)19-11-10-18-9-8-14(13-18)12-17-15-6-7-15/h1-5,8-9,13,15,17H,6-7,10-12H2. The van der Waals surface area contributed by atoms with E-state index < -0.39 is 0 Å². The van der Waals surface area contributed by atoms with Crippen LogP contribution in [0.2, 0.25) is 0 Å². The first-order valence-electron chi connectivity index (χ1n) is 6.96. The van der Waals surface area contributed by atoms with Crippen LogP contribution in [0.5, 0.6) is 0 Å². The van der Waals surface area contributed by atoms with Gasteiger partial charge >= 0.3 is 0 Å². The van der Waals surface area contributed by atoms with Crippen LogP contribution in [-0.4, -0.2) is 16.4 Å². The smallest absolute Gasteiger partial charge is 0.0314 e. The maximum atomic E-state index is 3.55. The van der Waals surface area contributed by atoms with Gasteiger partial charge in [-0.3, -0.25) is 0 Å². The van der Waals surface area contributed by atoms with Gasteiger partial charge in [-0.2, -0.15) is 0 Å². The van der Waals surface area contributed by atoms with Crippen molar-refractivity contribution in [2.45, 2.75) is 36.9 Å². The molecular formula is C16H20N2S. The average Bonchev–Trinajstić information content (AvgIpc) is 3.17. The van der Waals surface area contributed by atoms with Crippen molar-refractivity contribution in [1.29, 1.82) is 0 Å². The van der Waals surface area contributed by atoms with Gasteiger partial charge in [0.2, 0.25) is 0 Å². The molecule has 0 saturated heterocycles. The molecule has 2 aromatic rings. The van der Waals surface area contributed by atoms with Gasteiger partial charge in [0.15, 0.2) is 0 Å². The number of thioether (sulfide) groups is 1. The topological polar surface area (TPSA) is 17.0 Å². The summed E-state index contributed by atoms with van der Waals surface area (Å²) in [6, 6.07) is 13.6. The molecule has 1 aromatic carbocycles. The molecule has 0 unspecified atom stereocenters. The Morgan fingerprint density at radius 1 is 1.16 bits per heavy atom. The van der Waals surface area contributed by atoms with Crippen LogP contribution >= 0.6 is 11.8 Å². The minimum Gasteiger partial charge on any atom is -0.353 e. The number of nitrogens with one attached hydrogen (secondary N) is 1. The molecule has 0 bridgehead atoms. The lowest BCUT2D eigenvalue weighted by Crippen LogP contribution is -2.14. The summed E-state index contributed by atoms with van der Waals surface area (Å²) in [5.41, 5.74) is 1.40. The summed E-state index contributed by atoms with van der Waals surface area (Å²) in [7, 11) is 0. The average molecular weight is 272 g/mol. The molecule has 19 heavy (non-hydrogen) atoms. The summed E-state index contributed by atoms with van der Waals surface area (Å²) in [6.07, 6.45) is 7.17. The van der Waals surface area contributed by atoms with Crippen molar-refractivity contribution in [1.82, 2.24) is 9.88 Å². The lowest BCUT2D eigenvalue weighted by molar-refractivity contribution is 0.684. The number of hydrogen-bond donors (Lipinski definition) is 1. The number of benzene rings is 1.